The average Bonchev–Trinajstić information content (AvgIpc) is 3.04. The highest BCUT2D eigenvalue weighted by Crippen LogP contribution is 2.56. The molecule has 0 aromatic heterocycles. The summed E-state index contributed by atoms with van der Waals surface area (Å²) in [5.41, 5.74) is 5.00. The molecule has 3 atom stereocenters. The van der Waals surface area contributed by atoms with E-state index in [-0.39, 0.29) is 0 Å². The van der Waals surface area contributed by atoms with E-state index in [1.807, 2.05) is 0 Å². The van der Waals surface area contributed by atoms with Crippen LogP contribution in [0.25, 0.3) is 0 Å². The Morgan fingerprint density at radius 1 is 1.22 bits per heavy atom. The first kappa shape index (κ1) is 12.2. The Hall–Kier alpha value is -0.820. The number of benzene rings is 1. The molecule has 0 bridgehead atoms. The second-order valence-electron chi connectivity index (χ2n) is 6.65. The van der Waals surface area contributed by atoms with E-state index >= 15 is 0 Å². The van der Waals surface area contributed by atoms with Gasteiger partial charge in [-0.25, -0.2) is 0 Å². The minimum absolute atomic E-state index is 0.409. The molecule has 18 heavy (non-hydrogen) atoms. The monoisotopic (exact) mass is 244 g/mol. The maximum atomic E-state index is 11.0. The van der Waals surface area contributed by atoms with Crippen LogP contribution in [0, 0.1) is 32.6 Å². The third-order valence-electron chi connectivity index (χ3n) is 5.12. The number of hydrogen-bond acceptors (Lipinski definition) is 1. The van der Waals surface area contributed by atoms with Crippen molar-refractivity contribution in [2.24, 2.45) is 11.8 Å². The molecule has 98 valence electrons. The SMILES string of the molecule is Cc1cc(C)c(CC2(O)CCCC3CC32)c(C)c1. The van der Waals surface area contributed by atoms with Crippen LogP contribution in [0.15, 0.2) is 12.1 Å². The summed E-state index contributed by atoms with van der Waals surface area (Å²) in [5.74, 6) is 1.42. The van der Waals surface area contributed by atoms with E-state index in [0.29, 0.717) is 5.92 Å². The van der Waals surface area contributed by atoms with Crippen molar-refractivity contribution in [3.05, 3.63) is 34.4 Å². The van der Waals surface area contributed by atoms with E-state index in [0.717, 1.165) is 18.8 Å². The molecule has 1 N–H and O–H groups in total. The summed E-state index contributed by atoms with van der Waals surface area (Å²) < 4.78 is 0. The third-order valence-corrected chi connectivity index (χ3v) is 5.12. The molecule has 0 radical (unpaired) electrons. The lowest BCUT2D eigenvalue weighted by Crippen LogP contribution is -2.37. The molecule has 3 rings (SSSR count). The zero-order chi connectivity index (χ0) is 12.9. The smallest absolute Gasteiger partial charge is 0.0718 e. The summed E-state index contributed by atoms with van der Waals surface area (Å²) in [6, 6.07) is 4.50. The summed E-state index contributed by atoms with van der Waals surface area (Å²) in [6.07, 6.45) is 5.69. The zero-order valence-corrected chi connectivity index (χ0v) is 11.8. The number of fused-ring (bicyclic) bond motifs is 1. The molecule has 0 amide bonds. The first-order chi connectivity index (χ1) is 8.49. The Morgan fingerprint density at radius 3 is 2.56 bits per heavy atom. The van der Waals surface area contributed by atoms with Crippen LogP contribution < -0.4 is 0 Å². The number of hydrogen-bond donors (Lipinski definition) is 1. The molecule has 1 aromatic rings. The molecule has 1 heteroatoms. The second kappa shape index (κ2) is 4.09. The summed E-state index contributed by atoms with van der Waals surface area (Å²) in [7, 11) is 0. The van der Waals surface area contributed by atoms with E-state index in [1.54, 1.807) is 0 Å². The van der Waals surface area contributed by atoms with E-state index in [4.69, 9.17) is 0 Å². The van der Waals surface area contributed by atoms with Gasteiger partial charge in [-0.15, -0.1) is 0 Å². The van der Waals surface area contributed by atoms with Crippen molar-refractivity contribution in [3.8, 4) is 0 Å². The Kier molecular flexibility index (Phi) is 2.78. The molecule has 2 fully saturated rings. The van der Waals surface area contributed by atoms with Crippen molar-refractivity contribution in [2.75, 3.05) is 0 Å². The molecule has 3 unspecified atom stereocenters. The topological polar surface area (TPSA) is 20.2 Å². The van der Waals surface area contributed by atoms with E-state index < -0.39 is 5.60 Å². The van der Waals surface area contributed by atoms with Crippen LogP contribution in [0.3, 0.4) is 0 Å². The van der Waals surface area contributed by atoms with Gasteiger partial charge in [0.25, 0.3) is 0 Å². The fourth-order valence-electron chi connectivity index (χ4n) is 4.09. The Balaban J connectivity index is 1.88. The van der Waals surface area contributed by atoms with Gasteiger partial charge in [0.15, 0.2) is 0 Å². The highest BCUT2D eigenvalue weighted by Gasteiger charge is 2.53. The van der Waals surface area contributed by atoms with Crippen LogP contribution in [0.5, 0.6) is 0 Å². The maximum Gasteiger partial charge on any atom is 0.0718 e. The first-order valence-electron chi connectivity index (χ1n) is 7.29. The summed E-state index contributed by atoms with van der Waals surface area (Å²) in [4.78, 5) is 0. The lowest BCUT2D eigenvalue weighted by atomic mass is 9.78. The van der Waals surface area contributed by atoms with Gasteiger partial charge in [-0.3, -0.25) is 0 Å². The van der Waals surface area contributed by atoms with Crippen molar-refractivity contribution >= 4 is 0 Å². The summed E-state index contributed by atoms with van der Waals surface area (Å²) in [6.45, 7) is 6.52. The fraction of sp³-hybridized carbons (Fsp3) is 0.647. The standard InChI is InChI=1S/C17H24O/c1-11-7-12(2)15(13(3)8-11)10-17(18)6-4-5-14-9-16(14)17/h7-8,14,16,18H,4-6,9-10H2,1-3H3. The lowest BCUT2D eigenvalue weighted by Gasteiger charge is -2.33. The lowest BCUT2D eigenvalue weighted by molar-refractivity contribution is -0.0106. The molecule has 1 nitrogen and oxygen atoms in total. The van der Waals surface area contributed by atoms with Crippen molar-refractivity contribution < 1.29 is 5.11 Å². The predicted molar refractivity (Wildman–Crippen MR) is 74.8 cm³/mol. The van der Waals surface area contributed by atoms with Gasteiger partial charge in [0.1, 0.15) is 0 Å². The summed E-state index contributed by atoms with van der Waals surface area (Å²) >= 11 is 0. The Morgan fingerprint density at radius 2 is 1.89 bits per heavy atom. The van der Waals surface area contributed by atoms with Crippen molar-refractivity contribution in [1.29, 1.82) is 0 Å². The van der Waals surface area contributed by atoms with Gasteiger partial charge < -0.3 is 5.11 Å². The largest absolute Gasteiger partial charge is 0.389 e. The van der Waals surface area contributed by atoms with E-state index in [9.17, 15) is 5.11 Å². The molecule has 0 heterocycles. The second-order valence-corrected chi connectivity index (χ2v) is 6.65. The summed E-state index contributed by atoms with van der Waals surface area (Å²) in [5, 5.41) is 11.0. The quantitative estimate of drug-likeness (QED) is 0.841. The third kappa shape index (κ3) is 1.99. The highest BCUT2D eigenvalue weighted by molar-refractivity contribution is 5.38. The molecule has 2 aliphatic rings. The normalized spacial score (nSPS) is 34.2. The van der Waals surface area contributed by atoms with E-state index in [2.05, 4.69) is 32.9 Å². The minimum Gasteiger partial charge on any atom is -0.389 e. The molecule has 2 aliphatic carbocycles. The van der Waals surface area contributed by atoms with Crippen molar-refractivity contribution in [1.82, 2.24) is 0 Å². The van der Waals surface area contributed by atoms with Crippen LogP contribution in [-0.2, 0) is 6.42 Å². The van der Waals surface area contributed by atoms with Crippen molar-refractivity contribution in [2.45, 2.75) is 58.5 Å². The molecular formula is C17H24O. The van der Waals surface area contributed by atoms with Crippen LogP contribution in [0.4, 0.5) is 0 Å². The van der Waals surface area contributed by atoms with Gasteiger partial charge >= 0.3 is 0 Å². The number of aliphatic hydroxyl groups is 1. The fourth-order valence-corrected chi connectivity index (χ4v) is 4.09. The molecule has 0 aliphatic heterocycles. The first-order valence-corrected chi connectivity index (χ1v) is 7.29. The Bertz CT molecular complexity index is 453. The van der Waals surface area contributed by atoms with Crippen LogP contribution in [0.1, 0.15) is 47.9 Å². The van der Waals surface area contributed by atoms with E-state index in [1.165, 1.54) is 41.5 Å². The van der Waals surface area contributed by atoms with Crippen molar-refractivity contribution in [3.63, 3.8) is 0 Å². The zero-order valence-electron chi connectivity index (χ0n) is 11.8. The molecular weight excluding hydrogens is 220 g/mol. The minimum atomic E-state index is -0.409. The van der Waals surface area contributed by atoms with Gasteiger partial charge in [0.05, 0.1) is 5.60 Å². The molecule has 0 saturated heterocycles. The maximum absolute atomic E-state index is 11.0. The Labute approximate surface area is 110 Å². The number of rotatable bonds is 2. The highest BCUT2D eigenvalue weighted by atomic mass is 16.3. The molecule has 0 spiro atoms. The van der Waals surface area contributed by atoms with Crippen LogP contribution in [-0.4, -0.2) is 10.7 Å². The average molecular weight is 244 g/mol. The van der Waals surface area contributed by atoms with Crippen LogP contribution >= 0.6 is 0 Å². The van der Waals surface area contributed by atoms with Gasteiger partial charge in [-0.1, -0.05) is 24.1 Å². The van der Waals surface area contributed by atoms with Gasteiger partial charge in [0, 0.05) is 6.42 Å². The molecule has 2 saturated carbocycles. The van der Waals surface area contributed by atoms with Gasteiger partial charge in [0.2, 0.25) is 0 Å². The predicted octanol–water partition coefficient (Wildman–Crippen LogP) is 3.71. The van der Waals surface area contributed by atoms with Gasteiger partial charge in [-0.2, -0.15) is 0 Å². The van der Waals surface area contributed by atoms with Gasteiger partial charge in [-0.05, 0) is 68.6 Å². The number of aryl methyl sites for hydroxylation is 3. The van der Waals surface area contributed by atoms with Crippen LogP contribution in [0.2, 0.25) is 0 Å². The molecule has 1 aromatic carbocycles.